The van der Waals surface area contributed by atoms with Crippen molar-refractivity contribution >= 4 is 6.41 Å². The average Bonchev–Trinajstić information content (AvgIpc) is 2.14. The van der Waals surface area contributed by atoms with E-state index in [0.29, 0.717) is 18.6 Å². The molecule has 1 aromatic rings. The number of aromatic nitrogens is 1. The summed E-state index contributed by atoms with van der Waals surface area (Å²) in [6.45, 7) is 3.80. The Morgan fingerprint density at radius 1 is 1.64 bits per heavy atom. The third-order valence-corrected chi connectivity index (χ3v) is 1.84. The van der Waals surface area contributed by atoms with Crippen molar-refractivity contribution in [3.63, 3.8) is 0 Å². The second kappa shape index (κ2) is 4.19. The van der Waals surface area contributed by atoms with Crippen molar-refractivity contribution < 1.29 is 9.90 Å². The van der Waals surface area contributed by atoms with E-state index in [2.05, 4.69) is 10.3 Å². The van der Waals surface area contributed by atoms with E-state index in [1.54, 1.807) is 32.2 Å². The van der Waals surface area contributed by atoms with Gasteiger partial charge in [-0.3, -0.25) is 9.78 Å². The molecule has 1 aromatic heterocycles. The SMILES string of the molecule is CC(C)(O)c1cc(CNC=O)ccn1. The lowest BCUT2D eigenvalue weighted by Crippen LogP contribution is -2.18. The summed E-state index contributed by atoms with van der Waals surface area (Å²) >= 11 is 0. The molecule has 2 N–H and O–H groups in total. The summed E-state index contributed by atoms with van der Waals surface area (Å²) in [7, 11) is 0. The van der Waals surface area contributed by atoms with Crippen LogP contribution in [0.15, 0.2) is 18.3 Å². The number of nitrogens with zero attached hydrogens (tertiary/aromatic N) is 1. The zero-order chi connectivity index (χ0) is 10.6. The monoisotopic (exact) mass is 194 g/mol. The molecule has 0 aliphatic rings. The third-order valence-electron chi connectivity index (χ3n) is 1.84. The molecule has 0 atom stereocenters. The third kappa shape index (κ3) is 2.81. The molecular weight excluding hydrogens is 180 g/mol. The lowest BCUT2D eigenvalue weighted by atomic mass is 10.0. The van der Waals surface area contributed by atoms with Crippen LogP contribution in [-0.4, -0.2) is 16.5 Å². The first kappa shape index (κ1) is 10.7. The van der Waals surface area contributed by atoms with E-state index in [0.717, 1.165) is 5.56 Å². The minimum atomic E-state index is -0.947. The quantitative estimate of drug-likeness (QED) is 0.688. The number of amides is 1. The predicted octanol–water partition coefficient (Wildman–Crippen LogP) is 0.555. The normalized spacial score (nSPS) is 11.1. The molecule has 1 amide bonds. The van der Waals surface area contributed by atoms with Crippen LogP contribution in [0.5, 0.6) is 0 Å². The Hall–Kier alpha value is -1.42. The Balaban J connectivity index is 2.84. The van der Waals surface area contributed by atoms with Crippen molar-refractivity contribution in [3.05, 3.63) is 29.6 Å². The molecule has 0 radical (unpaired) electrons. The maximum absolute atomic E-state index is 10.1. The van der Waals surface area contributed by atoms with Crippen LogP contribution in [0.25, 0.3) is 0 Å². The van der Waals surface area contributed by atoms with Gasteiger partial charge in [0.15, 0.2) is 0 Å². The standard InChI is InChI=1S/C10H14N2O2/c1-10(2,14)9-5-8(3-4-12-9)6-11-7-13/h3-5,7,14H,6H2,1-2H3,(H,11,13). The van der Waals surface area contributed by atoms with E-state index in [4.69, 9.17) is 0 Å². The van der Waals surface area contributed by atoms with E-state index in [9.17, 15) is 9.90 Å². The molecular formula is C10H14N2O2. The van der Waals surface area contributed by atoms with Crippen LogP contribution < -0.4 is 5.32 Å². The molecule has 0 aromatic carbocycles. The molecule has 0 spiro atoms. The largest absolute Gasteiger partial charge is 0.384 e. The summed E-state index contributed by atoms with van der Waals surface area (Å²) in [6, 6.07) is 3.57. The van der Waals surface area contributed by atoms with E-state index in [1.807, 2.05) is 0 Å². The van der Waals surface area contributed by atoms with Gasteiger partial charge in [0.1, 0.15) is 5.60 Å². The molecule has 0 saturated heterocycles. The first-order valence-electron chi connectivity index (χ1n) is 4.39. The second-order valence-corrected chi connectivity index (χ2v) is 3.61. The summed E-state index contributed by atoms with van der Waals surface area (Å²) in [4.78, 5) is 14.1. The number of carbonyl (C=O) groups excluding carboxylic acids is 1. The molecule has 76 valence electrons. The number of pyridine rings is 1. The van der Waals surface area contributed by atoms with Crippen molar-refractivity contribution in [1.29, 1.82) is 0 Å². The smallest absolute Gasteiger partial charge is 0.207 e. The van der Waals surface area contributed by atoms with Crippen LogP contribution in [0.1, 0.15) is 25.1 Å². The maximum atomic E-state index is 10.1. The minimum absolute atomic E-state index is 0.453. The highest BCUT2D eigenvalue weighted by Crippen LogP contribution is 2.17. The van der Waals surface area contributed by atoms with Gasteiger partial charge in [-0.25, -0.2) is 0 Å². The molecule has 4 nitrogen and oxygen atoms in total. The van der Waals surface area contributed by atoms with Gasteiger partial charge in [0.2, 0.25) is 6.41 Å². The Bertz CT molecular complexity index is 318. The number of aliphatic hydroxyl groups is 1. The van der Waals surface area contributed by atoms with E-state index < -0.39 is 5.60 Å². The van der Waals surface area contributed by atoms with E-state index >= 15 is 0 Å². The number of hydrogen-bond acceptors (Lipinski definition) is 3. The van der Waals surface area contributed by atoms with Gasteiger partial charge in [0.25, 0.3) is 0 Å². The average molecular weight is 194 g/mol. The van der Waals surface area contributed by atoms with Crippen LogP contribution in [0.3, 0.4) is 0 Å². The van der Waals surface area contributed by atoms with Crippen molar-refractivity contribution in [2.24, 2.45) is 0 Å². The first-order valence-corrected chi connectivity index (χ1v) is 4.39. The number of nitrogens with one attached hydrogen (secondary N) is 1. The van der Waals surface area contributed by atoms with Crippen molar-refractivity contribution in [3.8, 4) is 0 Å². The topological polar surface area (TPSA) is 62.2 Å². The lowest BCUT2D eigenvalue weighted by Gasteiger charge is -2.16. The van der Waals surface area contributed by atoms with Crippen LogP contribution >= 0.6 is 0 Å². The van der Waals surface area contributed by atoms with E-state index in [-0.39, 0.29) is 0 Å². The van der Waals surface area contributed by atoms with Crippen LogP contribution in [0.2, 0.25) is 0 Å². The van der Waals surface area contributed by atoms with Crippen LogP contribution in [-0.2, 0) is 16.9 Å². The summed E-state index contributed by atoms with van der Waals surface area (Å²) in [6.07, 6.45) is 2.26. The molecule has 0 bridgehead atoms. The molecule has 0 fully saturated rings. The number of carbonyl (C=O) groups is 1. The fourth-order valence-electron chi connectivity index (χ4n) is 1.08. The molecule has 4 heteroatoms. The van der Waals surface area contributed by atoms with Gasteiger partial charge in [0, 0.05) is 12.7 Å². The van der Waals surface area contributed by atoms with Gasteiger partial charge in [-0.2, -0.15) is 0 Å². The summed E-state index contributed by atoms with van der Waals surface area (Å²) in [5, 5.41) is 12.2. The zero-order valence-corrected chi connectivity index (χ0v) is 8.32. The van der Waals surface area contributed by atoms with E-state index in [1.165, 1.54) is 0 Å². The van der Waals surface area contributed by atoms with Gasteiger partial charge in [-0.1, -0.05) is 0 Å². The number of rotatable bonds is 4. The molecule has 1 rings (SSSR count). The van der Waals surface area contributed by atoms with Gasteiger partial charge in [0.05, 0.1) is 5.69 Å². The summed E-state index contributed by atoms with van der Waals surface area (Å²) < 4.78 is 0. The minimum Gasteiger partial charge on any atom is -0.384 e. The van der Waals surface area contributed by atoms with Crippen LogP contribution in [0, 0.1) is 0 Å². The highest BCUT2D eigenvalue weighted by atomic mass is 16.3. The summed E-state index contributed by atoms with van der Waals surface area (Å²) in [5.41, 5.74) is 0.573. The molecule has 0 unspecified atom stereocenters. The molecule has 14 heavy (non-hydrogen) atoms. The second-order valence-electron chi connectivity index (χ2n) is 3.61. The van der Waals surface area contributed by atoms with Crippen molar-refractivity contribution in [2.75, 3.05) is 0 Å². The fraction of sp³-hybridized carbons (Fsp3) is 0.400. The Labute approximate surface area is 83.0 Å². The Morgan fingerprint density at radius 2 is 2.36 bits per heavy atom. The maximum Gasteiger partial charge on any atom is 0.207 e. The van der Waals surface area contributed by atoms with Crippen LogP contribution in [0.4, 0.5) is 0 Å². The molecule has 0 aliphatic carbocycles. The van der Waals surface area contributed by atoms with Gasteiger partial charge in [-0.05, 0) is 31.5 Å². The fourth-order valence-corrected chi connectivity index (χ4v) is 1.08. The van der Waals surface area contributed by atoms with Gasteiger partial charge < -0.3 is 10.4 Å². The van der Waals surface area contributed by atoms with Gasteiger partial charge >= 0.3 is 0 Å². The lowest BCUT2D eigenvalue weighted by molar-refractivity contribution is -0.109. The van der Waals surface area contributed by atoms with Crippen molar-refractivity contribution in [1.82, 2.24) is 10.3 Å². The molecule has 0 aliphatic heterocycles. The first-order chi connectivity index (χ1) is 6.54. The molecule has 0 saturated carbocycles. The predicted molar refractivity (Wildman–Crippen MR) is 52.4 cm³/mol. The Kier molecular flexibility index (Phi) is 3.19. The summed E-state index contributed by atoms with van der Waals surface area (Å²) in [5.74, 6) is 0. The Morgan fingerprint density at radius 3 is 2.93 bits per heavy atom. The zero-order valence-electron chi connectivity index (χ0n) is 8.32. The molecule has 1 heterocycles. The highest BCUT2D eigenvalue weighted by molar-refractivity contribution is 5.46. The van der Waals surface area contributed by atoms with Crippen molar-refractivity contribution in [2.45, 2.75) is 26.0 Å². The van der Waals surface area contributed by atoms with Gasteiger partial charge in [-0.15, -0.1) is 0 Å². The number of hydrogen-bond donors (Lipinski definition) is 2. The highest BCUT2D eigenvalue weighted by Gasteiger charge is 2.17.